The van der Waals surface area contributed by atoms with E-state index < -0.39 is 19.0 Å². The number of alkyl halides is 4. The van der Waals surface area contributed by atoms with Crippen molar-refractivity contribution in [3.05, 3.63) is 21.9 Å². The van der Waals surface area contributed by atoms with Crippen LogP contribution in [0.15, 0.2) is 11.4 Å². The molecule has 1 heterocycles. The Balaban J connectivity index is 2.56. The van der Waals surface area contributed by atoms with Crippen LogP contribution < -0.4 is 5.32 Å². The second-order valence-corrected chi connectivity index (χ2v) is 5.50. The summed E-state index contributed by atoms with van der Waals surface area (Å²) in [6, 6.07) is 1.68. The van der Waals surface area contributed by atoms with Gasteiger partial charge in [-0.05, 0) is 36.9 Å². The van der Waals surface area contributed by atoms with Gasteiger partial charge in [-0.15, -0.1) is 11.3 Å². The van der Waals surface area contributed by atoms with Crippen LogP contribution in [0.25, 0.3) is 0 Å². The van der Waals surface area contributed by atoms with Crippen molar-refractivity contribution in [2.24, 2.45) is 0 Å². The third-order valence-electron chi connectivity index (χ3n) is 2.76. The van der Waals surface area contributed by atoms with E-state index in [0.717, 1.165) is 16.9 Å². The van der Waals surface area contributed by atoms with Gasteiger partial charge in [0.05, 0.1) is 12.6 Å². The van der Waals surface area contributed by atoms with Crippen LogP contribution >= 0.6 is 11.3 Å². The average Bonchev–Trinajstić information content (AvgIpc) is 2.79. The summed E-state index contributed by atoms with van der Waals surface area (Å²) in [5, 5.41) is 5.08. The second-order valence-electron chi connectivity index (χ2n) is 4.55. The lowest BCUT2D eigenvalue weighted by molar-refractivity contribution is -0.167. The Bertz CT molecular complexity index is 397. The predicted molar refractivity (Wildman–Crippen MR) is 71.9 cm³/mol. The molecule has 0 saturated carbocycles. The number of nitrogens with one attached hydrogen (secondary N) is 1. The third kappa shape index (κ3) is 5.03. The molecule has 7 heteroatoms. The molecule has 1 unspecified atom stereocenters. The van der Waals surface area contributed by atoms with E-state index >= 15 is 0 Å². The molecule has 0 bridgehead atoms. The topological polar surface area (TPSA) is 21.3 Å². The lowest BCUT2D eigenvalue weighted by Gasteiger charge is -2.21. The van der Waals surface area contributed by atoms with E-state index in [9.17, 15) is 17.6 Å². The van der Waals surface area contributed by atoms with Gasteiger partial charge in [0.25, 0.3) is 0 Å². The van der Waals surface area contributed by atoms with Crippen molar-refractivity contribution in [3.63, 3.8) is 0 Å². The van der Waals surface area contributed by atoms with Crippen molar-refractivity contribution in [3.8, 4) is 0 Å². The average molecular weight is 313 g/mol. The highest BCUT2D eigenvalue weighted by atomic mass is 32.1. The van der Waals surface area contributed by atoms with Crippen molar-refractivity contribution in [2.75, 3.05) is 19.8 Å². The third-order valence-corrected chi connectivity index (χ3v) is 3.89. The highest BCUT2D eigenvalue weighted by Crippen LogP contribution is 2.26. The van der Waals surface area contributed by atoms with Crippen LogP contribution in [0.1, 0.15) is 29.8 Å². The lowest BCUT2D eigenvalue weighted by atomic mass is 10.1. The molecular weight excluding hydrogens is 294 g/mol. The van der Waals surface area contributed by atoms with E-state index in [1.165, 1.54) is 11.3 Å². The van der Waals surface area contributed by atoms with Crippen LogP contribution in [-0.4, -0.2) is 32.1 Å². The highest BCUT2D eigenvalue weighted by Gasteiger charge is 2.41. The maximum Gasteiger partial charge on any atom is 0.330 e. The SMILES string of the molecule is CCCNC(COCC(F)(F)C(F)F)c1sccc1C. The van der Waals surface area contributed by atoms with Gasteiger partial charge in [0.1, 0.15) is 6.61 Å². The van der Waals surface area contributed by atoms with Crippen molar-refractivity contribution in [1.29, 1.82) is 0 Å². The molecule has 1 atom stereocenters. The minimum absolute atomic E-state index is 0.0519. The Labute approximate surface area is 120 Å². The fourth-order valence-electron chi connectivity index (χ4n) is 1.66. The van der Waals surface area contributed by atoms with Crippen LogP contribution in [0.3, 0.4) is 0 Å². The first-order chi connectivity index (χ1) is 9.38. The number of aryl methyl sites for hydroxylation is 1. The molecule has 0 saturated heterocycles. The summed E-state index contributed by atoms with van der Waals surface area (Å²) in [6.45, 7) is 3.29. The summed E-state index contributed by atoms with van der Waals surface area (Å²) in [4.78, 5) is 0.985. The molecule has 1 aromatic heterocycles. The zero-order valence-electron chi connectivity index (χ0n) is 11.5. The maximum atomic E-state index is 12.8. The standard InChI is InChI=1S/C13H19F4NOS/c1-3-5-18-10(11-9(2)4-6-20-11)7-19-8-13(16,17)12(14)15/h4,6,10,12,18H,3,5,7-8H2,1-2H3. The molecule has 0 aromatic carbocycles. The van der Waals surface area contributed by atoms with Gasteiger partial charge in [0.15, 0.2) is 0 Å². The summed E-state index contributed by atoms with van der Waals surface area (Å²) < 4.78 is 54.4. The van der Waals surface area contributed by atoms with Gasteiger partial charge in [-0.1, -0.05) is 6.92 Å². The van der Waals surface area contributed by atoms with Gasteiger partial charge < -0.3 is 10.1 Å². The second kappa shape index (κ2) is 7.95. The Morgan fingerprint density at radius 3 is 2.60 bits per heavy atom. The van der Waals surface area contributed by atoms with Gasteiger partial charge in [-0.3, -0.25) is 0 Å². The Morgan fingerprint density at radius 1 is 1.40 bits per heavy atom. The van der Waals surface area contributed by atoms with Gasteiger partial charge in [0.2, 0.25) is 0 Å². The molecule has 0 amide bonds. The van der Waals surface area contributed by atoms with Crippen LogP contribution in [-0.2, 0) is 4.74 Å². The Hall–Kier alpha value is -0.660. The monoisotopic (exact) mass is 313 g/mol. The number of thiophene rings is 1. The minimum atomic E-state index is -4.10. The predicted octanol–water partition coefficient (Wildman–Crippen LogP) is 4.01. The maximum absolute atomic E-state index is 12.8. The quantitative estimate of drug-likeness (QED) is 0.695. The number of hydrogen-bond acceptors (Lipinski definition) is 3. The molecule has 0 aliphatic heterocycles. The van der Waals surface area contributed by atoms with Gasteiger partial charge in [-0.2, -0.15) is 8.78 Å². The first kappa shape index (κ1) is 17.4. The van der Waals surface area contributed by atoms with Crippen molar-refractivity contribution in [1.82, 2.24) is 5.32 Å². The van der Waals surface area contributed by atoms with E-state index in [2.05, 4.69) is 5.32 Å². The van der Waals surface area contributed by atoms with Crippen LogP contribution in [0, 0.1) is 6.92 Å². The van der Waals surface area contributed by atoms with Gasteiger partial charge >= 0.3 is 12.3 Å². The number of halogens is 4. The molecule has 0 radical (unpaired) electrons. The first-order valence-corrected chi connectivity index (χ1v) is 7.27. The van der Waals surface area contributed by atoms with E-state index in [1.54, 1.807) is 0 Å². The zero-order valence-corrected chi connectivity index (χ0v) is 12.3. The molecule has 0 aliphatic rings. The van der Waals surface area contributed by atoms with E-state index in [0.29, 0.717) is 6.54 Å². The number of rotatable bonds is 9. The molecule has 0 fully saturated rings. The molecule has 20 heavy (non-hydrogen) atoms. The first-order valence-electron chi connectivity index (χ1n) is 6.39. The van der Waals surface area contributed by atoms with Crippen molar-refractivity contribution in [2.45, 2.75) is 38.7 Å². The smallest absolute Gasteiger partial charge is 0.330 e. The largest absolute Gasteiger partial charge is 0.373 e. The summed E-state index contributed by atoms with van der Waals surface area (Å²) in [5.74, 6) is -4.10. The number of ether oxygens (including phenoxy) is 1. The van der Waals surface area contributed by atoms with Crippen LogP contribution in [0.5, 0.6) is 0 Å². The molecule has 1 rings (SSSR count). The Kier molecular flexibility index (Phi) is 6.91. The summed E-state index contributed by atoms with van der Waals surface area (Å²) in [7, 11) is 0. The molecule has 116 valence electrons. The van der Waals surface area contributed by atoms with Crippen LogP contribution in [0.2, 0.25) is 0 Å². The molecule has 0 spiro atoms. The molecular formula is C13H19F4NOS. The fourth-order valence-corrected chi connectivity index (χ4v) is 2.65. The normalized spacial score (nSPS) is 13.9. The minimum Gasteiger partial charge on any atom is -0.373 e. The summed E-state index contributed by atoms with van der Waals surface area (Å²) >= 11 is 1.49. The molecule has 1 aromatic rings. The lowest BCUT2D eigenvalue weighted by Crippen LogP contribution is -2.34. The van der Waals surface area contributed by atoms with Gasteiger partial charge in [-0.25, -0.2) is 8.78 Å². The van der Waals surface area contributed by atoms with Crippen molar-refractivity contribution < 1.29 is 22.3 Å². The fraction of sp³-hybridized carbons (Fsp3) is 0.692. The molecule has 2 nitrogen and oxygen atoms in total. The van der Waals surface area contributed by atoms with E-state index in [1.807, 2.05) is 25.3 Å². The summed E-state index contributed by atoms with van der Waals surface area (Å²) in [5.41, 5.74) is 1.04. The van der Waals surface area contributed by atoms with Crippen LogP contribution in [0.4, 0.5) is 17.6 Å². The zero-order chi connectivity index (χ0) is 15.2. The molecule has 0 aliphatic carbocycles. The highest BCUT2D eigenvalue weighted by molar-refractivity contribution is 7.10. The van der Waals surface area contributed by atoms with Crippen molar-refractivity contribution >= 4 is 11.3 Å². The van der Waals surface area contributed by atoms with E-state index in [-0.39, 0.29) is 12.6 Å². The van der Waals surface area contributed by atoms with Gasteiger partial charge in [0, 0.05) is 4.88 Å². The summed E-state index contributed by atoms with van der Waals surface area (Å²) in [6.07, 6.45) is -2.82. The van der Waals surface area contributed by atoms with E-state index in [4.69, 9.17) is 4.74 Å². The number of hydrogen-bond donors (Lipinski definition) is 1. The molecule has 1 N–H and O–H groups in total. The Morgan fingerprint density at radius 2 is 2.10 bits per heavy atom.